The van der Waals surface area contributed by atoms with E-state index < -0.39 is 17.4 Å². The van der Waals surface area contributed by atoms with Crippen molar-refractivity contribution in [2.24, 2.45) is 0 Å². The molecule has 1 aromatic heterocycles. The van der Waals surface area contributed by atoms with E-state index in [1.165, 1.54) is 0 Å². The van der Waals surface area contributed by atoms with Crippen molar-refractivity contribution in [1.82, 2.24) is 9.97 Å². The Hall–Kier alpha value is -2.70. The number of carboxylic acids is 2. The van der Waals surface area contributed by atoms with E-state index >= 15 is 0 Å². The number of hydrogen-bond donors (Lipinski definition) is 2. The van der Waals surface area contributed by atoms with Crippen LogP contribution in [-0.2, 0) is 15.0 Å². The predicted octanol–water partition coefficient (Wildman–Crippen LogP) is 4.93. The maximum atomic E-state index is 11.4. The van der Waals surface area contributed by atoms with E-state index in [0.717, 1.165) is 11.1 Å². The number of hydrogen-bond acceptors (Lipinski definition) is 4. The van der Waals surface area contributed by atoms with Crippen molar-refractivity contribution >= 4 is 46.2 Å². The molecule has 148 valence electrons. The van der Waals surface area contributed by atoms with Gasteiger partial charge >= 0.3 is 11.9 Å². The van der Waals surface area contributed by atoms with Crippen LogP contribution in [0.5, 0.6) is 0 Å². The summed E-state index contributed by atoms with van der Waals surface area (Å²) in [5.74, 6) is -1.90. The SMILES string of the molecule is O=C(O)CCC1(CCC(=O)O)c2ccccc2-c2nc3cc(Cl)c(Cl)cc3nc21. The Morgan fingerprint density at radius 3 is 2.03 bits per heavy atom. The third kappa shape index (κ3) is 3.32. The molecule has 0 aliphatic heterocycles. The van der Waals surface area contributed by atoms with E-state index in [1.54, 1.807) is 12.1 Å². The quantitative estimate of drug-likeness (QED) is 0.574. The lowest BCUT2D eigenvalue weighted by Gasteiger charge is -2.30. The molecule has 1 heterocycles. The van der Waals surface area contributed by atoms with E-state index in [0.29, 0.717) is 32.5 Å². The summed E-state index contributed by atoms with van der Waals surface area (Å²) < 4.78 is 0. The largest absolute Gasteiger partial charge is 0.481 e. The highest BCUT2D eigenvalue weighted by Crippen LogP contribution is 2.52. The van der Waals surface area contributed by atoms with Gasteiger partial charge in [-0.1, -0.05) is 47.5 Å². The fourth-order valence-corrected chi connectivity index (χ4v) is 4.40. The van der Waals surface area contributed by atoms with Crippen molar-refractivity contribution in [2.75, 3.05) is 0 Å². The van der Waals surface area contributed by atoms with Crippen LogP contribution in [0.2, 0.25) is 10.0 Å². The molecule has 2 aromatic carbocycles. The molecule has 1 aliphatic carbocycles. The van der Waals surface area contributed by atoms with Gasteiger partial charge < -0.3 is 10.2 Å². The molecule has 0 bridgehead atoms. The first kappa shape index (κ1) is 19.6. The van der Waals surface area contributed by atoms with Crippen molar-refractivity contribution in [2.45, 2.75) is 31.1 Å². The van der Waals surface area contributed by atoms with E-state index in [1.807, 2.05) is 24.3 Å². The van der Waals surface area contributed by atoms with Gasteiger partial charge in [0.2, 0.25) is 0 Å². The highest BCUT2D eigenvalue weighted by atomic mass is 35.5. The maximum Gasteiger partial charge on any atom is 0.303 e. The van der Waals surface area contributed by atoms with Crippen LogP contribution in [0.3, 0.4) is 0 Å². The molecule has 4 rings (SSSR count). The van der Waals surface area contributed by atoms with Crippen LogP contribution in [0, 0.1) is 0 Å². The molecule has 3 aromatic rings. The molecule has 0 atom stereocenters. The van der Waals surface area contributed by atoms with E-state index in [4.69, 9.17) is 33.2 Å². The lowest BCUT2D eigenvalue weighted by molar-refractivity contribution is -0.137. The Morgan fingerprint density at radius 2 is 1.45 bits per heavy atom. The number of halogens is 2. The van der Waals surface area contributed by atoms with E-state index in [-0.39, 0.29) is 25.7 Å². The summed E-state index contributed by atoms with van der Waals surface area (Å²) in [5, 5.41) is 19.3. The molecule has 0 fully saturated rings. The van der Waals surface area contributed by atoms with Gasteiger partial charge in [-0.15, -0.1) is 0 Å². The minimum atomic E-state index is -0.950. The van der Waals surface area contributed by atoms with Crippen LogP contribution in [0.4, 0.5) is 0 Å². The van der Waals surface area contributed by atoms with Crippen LogP contribution in [-0.4, -0.2) is 32.1 Å². The van der Waals surface area contributed by atoms with Crippen LogP contribution in [0.15, 0.2) is 36.4 Å². The normalized spacial score (nSPS) is 13.9. The summed E-state index contributed by atoms with van der Waals surface area (Å²) in [5.41, 5.74) is 3.15. The standard InChI is InChI=1S/C21H16Cl2N2O4/c22-13-9-15-16(10-14(13)23)25-20-19(24-15)11-3-1-2-4-12(11)21(20,7-5-17(26)27)8-6-18(28)29/h1-4,9-10H,5-8H2,(H,26,27)(H,28,29). The van der Waals surface area contributed by atoms with Crippen molar-refractivity contribution in [3.8, 4) is 11.3 Å². The van der Waals surface area contributed by atoms with Gasteiger partial charge in [0, 0.05) is 23.8 Å². The van der Waals surface area contributed by atoms with Crippen LogP contribution in [0.25, 0.3) is 22.3 Å². The minimum Gasteiger partial charge on any atom is -0.481 e. The van der Waals surface area contributed by atoms with Gasteiger partial charge in [-0.05, 0) is 30.5 Å². The summed E-state index contributed by atoms with van der Waals surface area (Å²) >= 11 is 12.3. The van der Waals surface area contributed by atoms with Gasteiger partial charge in [-0.2, -0.15) is 0 Å². The maximum absolute atomic E-state index is 11.4. The molecule has 0 saturated carbocycles. The zero-order valence-corrected chi connectivity index (χ0v) is 16.7. The van der Waals surface area contributed by atoms with Gasteiger partial charge in [0.15, 0.2) is 0 Å². The Kier molecular flexibility index (Phi) is 4.92. The Balaban J connectivity index is 2.00. The third-order valence-electron chi connectivity index (χ3n) is 5.39. The van der Waals surface area contributed by atoms with Crippen LogP contribution < -0.4 is 0 Å². The zero-order chi connectivity index (χ0) is 20.8. The molecule has 8 heteroatoms. The van der Waals surface area contributed by atoms with E-state index in [9.17, 15) is 19.8 Å². The number of aliphatic carboxylic acids is 2. The Morgan fingerprint density at radius 1 is 0.897 bits per heavy atom. The average molecular weight is 431 g/mol. The van der Waals surface area contributed by atoms with Gasteiger partial charge in [0.25, 0.3) is 0 Å². The second-order valence-electron chi connectivity index (χ2n) is 7.09. The second-order valence-corrected chi connectivity index (χ2v) is 7.91. The first-order chi connectivity index (χ1) is 13.8. The van der Waals surface area contributed by atoms with Crippen LogP contribution >= 0.6 is 23.2 Å². The molecule has 0 spiro atoms. The molecule has 0 radical (unpaired) electrons. The van der Waals surface area contributed by atoms with Gasteiger partial charge in [-0.25, -0.2) is 9.97 Å². The second kappa shape index (κ2) is 7.28. The lowest BCUT2D eigenvalue weighted by atomic mass is 9.73. The number of nitrogens with zero attached hydrogens (tertiary/aromatic N) is 2. The lowest BCUT2D eigenvalue weighted by Crippen LogP contribution is -2.28. The monoisotopic (exact) mass is 430 g/mol. The van der Waals surface area contributed by atoms with Crippen LogP contribution in [0.1, 0.15) is 36.9 Å². The summed E-state index contributed by atoms with van der Waals surface area (Å²) in [6, 6.07) is 10.8. The van der Waals surface area contributed by atoms with Crippen molar-refractivity contribution < 1.29 is 19.8 Å². The summed E-state index contributed by atoms with van der Waals surface area (Å²) in [6.07, 6.45) is 0.214. The Bertz CT molecular complexity index is 1140. The Labute approximate surface area is 176 Å². The van der Waals surface area contributed by atoms with Gasteiger partial charge in [0.05, 0.1) is 32.5 Å². The molecule has 0 amide bonds. The van der Waals surface area contributed by atoms with Crippen molar-refractivity contribution in [1.29, 1.82) is 0 Å². The highest BCUT2D eigenvalue weighted by molar-refractivity contribution is 6.42. The summed E-state index contributed by atoms with van der Waals surface area (Å²) in [6.45, 7) is 0. The minimum absolute atomic E-state index is 0.117. The number of carboxylic acid groups (broad SMARTS) is 2. The first-order valence-corrected chi connectivity index (χ1v) is 9.78. The number of carbonyl (C=O) groups is 2. The van der Waals surface area contributed by atoms with Crippen molar-refractivity contribution in [3.63, 3.8) is 0 Å². The number of aromatic nitrogens is 2. The number of fused-ring (bicyclic) bond motifs is 4. The fourth-order valence-electron chi connectivity index (χ4n) is 4.08. The molecule has 0 unspecified atom stereocenters. The number of rotatable bonds is 6. The average Bonchev–Trinajstić information content (AvgIpc) is 2.94. The topological polar surface area (TPSA) is 100 Å². The third-order valence-corrected chi connectivity index (χ3v) is 6.11. The predicted molar refractivity (Wildman–Crippen MR) is 110 cm³/mol. The molecular formula is C21H16Cl2N2O4. The summed E-state index contributed by atoms with van der Waals surface area (Å²) in [7, 11) is 0. The smallest absolute Gasteiger partial charge is 0.303 e. The first-order valence-electron chi connectivity index (χ1n) is 9.02. The molecular weight excluding hydrogens is 415 g/mol. The molecule has 1 aliphatic rings. The fraction of sp³-hybridized carbons (Fsp3) is 0.238. The highest BCUT2D eigenvalue weighted by Gasteiger charge is 2.45. The summed E-state index contributed by atoms with van der Waals surface area (Å²) in [4.78, 5) is 32.3. The number of benzene rings is 2. The van der Waals surface area contributed by atoms with Crippen molar-refractivity contribution in [3.05, 3.63) is 57.7 Å². The van der Waals surface area contributed by atoms with Gasteiger partial charge in [-0.3, -0.25) is 9.59 Å². The molecule has 29 heavy (non-hydrogen) atoms. The van der Waals surface area contributed by atoms with E-state index in [2.05, 4.69) is 0 Å². The van der Waals surface area contributed by atoms with Gasteiger partial charge in [0.1, 0.15) is 0 Å². The zero-order valence-electron chi connectivity index (χ0n) is 15.2. The molecule has 0 saturated heterocycles. The molecule has 2 N–H and O–H groups in total. The molecule has 6 nitrogen and oxygen atoms in total.